The minimum Gasteiger partial charge on any atom is -0.497 e. The number of aliphatic hydroxyl groups is 1. The SMILES string of the molecule is COc1ccc(COCC(O)CNC(=O)COCC(F)(F)F)cc1. The van der Waals surface area contributed by atoms with Crippen LogP contribution in [0.15, 0.2) is 24.3 Å². The molecule has 1 unspecified atom stereocenters. The predicted molar refractivity (Wildman–Crippen MR) is 78.5 cm³/mol. The second kappa shape index (κ2) is 10.1. The van der Waals surface area contributed by atoms with E-state index in [9.17, 15) is 23.1 Å². The van der Waals surface area contributed by atoms with Gasteiger partial charge in [0.2, 0.25) is 5.91 Å². The standard InChI is InChI=1S/C15H20F3NO5/c1-22-13-4-2-11(3-5-13)7-23-8-12(20)6-19-14(21)9-24-10-15(16,17)18/h2-5,12,20H,6-10H2,1H3,(H,19,21). The summed E-state index contributed by atoms with van der Waals surface area (Å²) in [5, 5.41) is 11.9. The number of alkyl halides is 3. The molecule has 0 aliphatic heterocycles. The van der Waals surface area contributed by atoms with Crippen molar-refractivity contribution in [1.82, 2.24) is 5.32 Å². The van der Waals surface area contributed by atoms with Crippen molar-refractivity contribution in [3.05, 3.63) is 29.8 Å². The minimum atomic E-state index is -4.48. The fourth-order valence-corrected chi connectivity index (χ4v) is 1.64. The highest BCUT2D eigenvalue weighted by Crippen LogP contribution is 2.14. The van der Waals surface area contributed by atoms with Crippen LogP contribution in [0, 0.1) is 0 Å². The van der Waals surface area contributed by atoms with Gasteiger partial charge in [-0.2, -0.15) is 13.2 Å². The van der Waals surface area contributed by atoms with E-state index in [0.29, 0.717) is 5.75 Å². The molecule has 2 N–H and O–H groups in total. The summed E-state index contributed by atoms with van der Waals surface area (Å²) >= 11 is 0. The van der Waals surface area contributed by atoms with E-state index >= 15 is 0 Å². The third kappa shape index (κ3) is 9.33. The molecule has 24 heavy (non-hydrogen) atoms. The van der Waals surface area contributed by atoms with Crippen LogP contribution >= 0.6 is 0 Å². The summed E-state index contributed by atoms with van der Waals surface area (Å²) in [6.07, 6.45) is -5.45. The first-order valence-corrected chi connectivity index (χ1v) is 7.10. The van der Waals surface area contributed by atoms with E-state index in [1.165, 1.54) is 0 Å². The van der Waals surface area contributed by atoms with Gasteiger partial charge in [0.1, 0.15) is 19.0 Å². The lowest BCUT2D eigenvalue weighted by atomic mass is 10.2. The zero-order valence-corrected chi connectivity index (χ0v) is 13.1. The smallest absolute Gasteiger partial charge is 0.411 e. The van der Waals surface area contributed by atoms with Crippen molar-refractivity contribution in [1.29, 1.82) is 0 Å². The van der Waals surface area contributed by atoms with Crippen LogP contribution in [0.3, 0.4) is 0 Å². The third-order valence-electron chi connectivity index (χ3n) is 2.77. The number of hydrogen-bond acceptors (Lipinski definition) is 5. The molecule has 1 amide bonds. The zero-order valence-electron chi connectivity index (χ0n) is 13.1. The lowest BCUT2D eigenvalue weighted by Crippen LogP contribution is -2.37. The van der Waals surface area contributed by atoms with Crippen molar-refractivity contribution in [2.24, 2.45) is 0 Å². The van der Waals surface area contributed by atoms with E-state index in [4.69, 9.17) is 9.47 Å². The first-order chi connectivity index (χ1) is 11.3. The Morgan fingerprint density at radius 1 is 1.25 bits per heavy atom. The highest BCUT2D eigenvalue weighted by Gasteiger charge is 2.27. The van der Waals surface area contributed by atoms with E-state index in [0.717, 1.165) is 5.56 Å². The summed E-state index contributed by atoms with van der Waals surface area (Å²) in [5.74, 6) is -0.0253. The van der Waals surface area contributed by atoms with Gasteiger partial charge in [-0.1, -0.05) is 12.1 Å². The van der Waals surface area contributed by atoms with Crippen molar-refractivity contribution in [2.75, 3.05) is 33.5 Å². The lowest BCUT2D eigenvalue weighted by Gasteiger charge is -2.13. The number of carbonyl (C=O) groups is 1. The average Bonchev–Trinajstić information content (AvgIpc) is 2.52. The fraction of sp³-hybridized carbons (Fsp3) is 0.533. The Morgan fingerprint density at radius 3 is 2.50 bits per heavy atom. The number of carbonyl (C=O) groups excluding carboxylic acids is 1. The van der Waals surface area contributed by atoms with Gasteiger partial charge in [-0.25, -0.2) is 0 Å². The van der Waals surface area contributed by atoms with Crippen LogP contribution in [0.25, 0.3) is 0 Å². The summed E-state index contributed by atoms with van der Waals surface area (Å²) in [4.78, 5) is 11.2. The molecule has 0 heterocycles. The molecule has 6 nitrogen and oxygen atoms in total. The summed E-state index contributed by atoms with van der Waals surface area (Å²) in [6, 6.07) is 7.17. The number of hydrogen-bond donors (Lipinski definition) is 2. The summed E-state index contributed by atoms with van der Waals surface area (Å²) in [7, 11) is 1.56. The molecule has 1 rings (SSSR count). The number of amides is 1. The molecular formula is C15H20F3NO5. The Hall–Kier alpha value is -1.84. The van der Waals surface area contributed by atoms with E-state index in [1.54, 1.807) is 19.2 Å². The summed E-state index contributed by atoms with van der Waals surface area (Å²) in [5.41, 5.74) is 0.882. The normalized spacial score (nSPS) is 12.7. The van der Waals surface area contributed by atoms with Gasteiger partial charge in [0.25, 0.3) is 0 Å². The minimum absolute atomic E-state index is 0.0320. The number of halogens is 3. The number of benzene rings is 1. The first kappa shape index (κ1) is 20.2. The number of methoxy groups -OCH3 is 1. The van der Waals surface area contributed by atoms with Gasteiger partial charge in [0.05, 0.1) is 26.4 Å². The molecule has 0 fully saturated rings. The highest BCUT2D eigenvalue weighted by atomic mass is 19.4. The molecule has 136 valence electrons. The van der Waals surface area contributed by atoms with Gasteiger partial charge in [-0.05, 0) is 17.7 Å². The van der Waals surface area contributed by atoms with Crippen LogP contribution in [0.5, 0.6) is 5.75 Å². The maximum absolute atomic E-state index is 11.8. The van der Waals surface area contributed by atoms with Gasteiger partial charge < -0.3 is 24.6 Å². The van der Waals surface area contributed by atoms with Gasteiger partial charge in [0.15, 0.2) is 0 Å². The molecule has 0 bridgehead atoms. The molecule has 0 aliphatic rings. The molecule has 0 saturated heterocycles. The number of nitrogens with one attached hydrogen (secondary N) is 1. The molecular weight excluding hydrogens is 331 g/mol. The maximum atomic E-state index is 11.8. The highest BCUT2D eigenvalue weighted by molar-refractivity contribution is 5.77. The maximum Gasteiger partial charge on any atom is 0.411 e. The Balaban J connectivity index is 2.12. The van der Waals surface area contributed by atoms with E-state index in [2.05, 4.69) is 10.1 Å². The molecule has 0 radical (unpaired) electrons. The largest absolute Gasteiger partial charge is 0.497 e. The van der Waals surface area contributed by atoms with Crippen LogP contribution in [-0.4, -0.2) is 56.8 Å². The van der Waals surface area contributed by atoms with Gasteiger partial charge >= 0.3 is 6.18 Å². The molecule has 0 saturated carbocycles. The zero-order chi connectivity index (χ0) is 18.0. The van der Waals surface area contributed by atoms with Gasteiger partial charge in [0, 0.05) is 6.54 Å². The summed E-state index contributed by atoms with van der Waals surface area (Å²) < 4.78 is 50.0. The third-order valence-corrected chi connectivity index (χ3v) is 2.77. The van der Waals surface area contributed by atoms with Crippen molar-refractivity contribution in [3.8, 4) is 5.75 Å². The Bertz CT molecular complexity index is 493. The van der Waals surface area contributed by atoms with Crippen molar-refractivity contribution in [2.45, 2.75) is 18.9 Å². The Kier molecular flexibility index (Phi) is 8.51. The van der Waals surface area contributed by atoms with Gasteiger partial charge in [-0.3, -0.25) is 4.79 Å². The quantitative estimate of drug-likeness (QED) is 0.664. The molecule has 9 heteroatoms. The Morgan fingerprint density at radius 2 is 1.92 bits per heavy atom. The second-order valence-corrected chi connectivity index (χ2v) is 4.93. The lowest BCUT2D eigenvalue weighted by molar-refractivity contribution is -0.175. The van der Waals surface area contributed by atoms with Crippen LogP contribution in [0.1, 0.15) is 5.56 Å². The fourth-order valence-electron chi connectivity index (χ4n) is 1.64. The summed E-state index contributed by atoms with van der Waals surface area (Å²) in [6.45, 7) is -2.12. The monoisotopic (exact) mass is 351 g/mol. The number of rotatable bonds is 10. The molecule has 0 aromatic heterocycles. The van der Waals surface area contributed by atoms with Crippen molar-refractivity contribution >= 4 is 5.91 Å². The molecule has 0 aliphatic carbocycles. The molecule has 1 aromatic rings. The van der Waals surface area contributed by atoms with Crippen LogP contribution in [0.4, 0.5) is 13.2 Å². The average molecular weight is 351 g/mol. The molecule has 1 aromatic carbocycles. The second-order valence-electron chi connectivity index (χ2n) is 4.93. The molecule has 1 atom stereocenters. The van der Waals surface area contributed by atoms with E-state index < -0.39 is 31.4 Å². The van der Waals surface area contributed by atoms with Crippen molar-refractivity contribution < 1.29 is 37.3 Å². The van der Waals surface area contributed by atoms with Crippen LogP contribution in [-0.2, 0) is 20.9 Å². The predicted octanol–water partition coefficient (Wildman–Crippen LogP) is 1.27. The number of aliphatic hydroxyl groups excluding tert-OH is 1. The van der Waals surface area contributed by atoms with E-state index in [1.807, 2.05) is 12.1 Å². The van der Waals surface area contributed by atoms with Gasteiger partial charge in [-0.15, -0.1) is 0 Å². The number of ether oxygens (including phenoxy) is 3. The Labute approximate surface area is 137 Å². The topological polar surface area (TPSA) is 77.0 Å². The van der Waals surface area contributed by atoms with Crippen LogP contribution < -0.4 is 10.1 Å². The van der Waals surface area contributed by atoms with E-state index in [-0.39, 0.29) is 19.8 Å². The van der Waals surface area contributed by atoms with Crippen molar-refractivity contribution in [3.63, 3.8) is 0 Å². The van der Waals surface area contributed by atoms with Crippen LogP contribution in [0.2, 0.25) is 0 Å². The molecule has 0 spiro atoms. The first-order valence-electron chi connectivity index (χ1n) is 7.10.